The van der Waals surface area contributed by atoms with Crippen molar-refractivity contribution in [3.63, 3.8) is 0 Å². The summed E-state index contributed by atoms with van der Waals surface area (Å²) in [6.45, 7) is 0.449. The number of aromatic nitrogens is 3. The highest BCUT2D eigenvalue weighted by Crippen LogP contribution is 2.49. The zero-order chi connectivity index (χ0) is 14.2. The van der Waals surface area contributed by atoms with Crippen LogP contribution in [0.3, 0.4) is 0 Å². The molecule has 2 bridgehead atoms. The van der Waals surface area contributed by atoms with Gasteiger partial charge >= 0.3 is 0 Å². The zero-order valence-corrected chi connectivity index (χ0v) is 12.0. The molecule has 5 heteroatoms. The molecule has 1 amide bonds. The van der Waals surface area contributed by atoms with E-state index in [9.17, 15) is 4.79 Å². The molecule has 2 aromatic heterocycles. The van der Waals surface area contributed by atoms with Crippen LogP contribution in [-0.2, 0) is 11.3 Å². The van der Waals surface area contributed by atoms with E-state index in [0.29, 0.717) is 18.9 Å². The Morgan fingerprint density at radius 3 is 3.05 bits per heavy atom. The van der Waals surface area contributed by atoms with Crippen molar-refractivity contribution in [1.29, 1.82) is 0 Å². The normalized spacial score (nSPS) is 27.3. The molecule has 0 unspecified atom stereocenters. The molecule has 5 nitrogen and oxygen atoms in total. The third-order valence-electron chi connectivity index (χ3n) is 5.16. The first-order valence-corrected chi connectivity index (χ1v) is 7.85. The van der Waals surface area contributed by atoms with Gasteiger partial charge < -0.3 is 5.32 Å². The molecule has 2 aliphatic rings. The first kappa shape index (κ1) is 12.8. The minimum absolute atomic E-state index is 0.153. The van der Waals surface area contributed by atoms with Gasteiger partial charge in [0.25, 0.3) is 0 Å². The summed E-state index contributed by atoms with van der Waals surface area (Å²) in [7, 11) is 0. The number of hydrogen-bond donors (Lipinski definition) is 1. The highest BCUT2D eigenvalue weighted by atomic mass is 16.1. The second kappa shape index (κ2) is 5.13. The van der Waals surface area contributed by atoms with Crippen molar-refractivity contribution in [2.45, 2.75) is 38.6 Å². The molecule has 110 valence electrons. The molecule has 0 aliphatic heterocycles. The predicted molar refractivity (Wildman–Crippen MR) is 78.4 cm³/mol. The molecule has 2 fully saturated rings. The monoisotopic (exact) mass is 284 g/mol. The predicted octanol–water partition coefficient (Wildman–Crippen LogP) is 2.17. The number of carbonyl (C=O) groups excluding carboxylic acids is 1. The van der Waals surface area contributed by atoms with E-state index in [1.165, 1.54) is 25.7 Å². The summed E-state index contributed by atoms with van der Waals surface area (Å²) in [4.78, 5) is 12.1. The van der Waals surface area contributed by atoms with Gasteiger partial charge in [-0.25, -0.2) is 0 Å². The molecule has 21 heavy (non-hydrogen) atoms. The fraction of sp³-hybridized carbons (Fsp3) is 0.562. The highest BCUT2D eigenvalue weighted by Gasteiger charge is 2.40. The highest BCUT2D eigenvalue weighted by molar-refractivity contribution is 5.76. The van der Waals surface area contributed by atoms with E-state index in [1.54, 1.807) is 0 Å². The van der Waals surface area contributed by atoms with Crippen LogP contribution in [0.1, 0.15) is 37.9 Å². The van der Waals surface area contributed by atoms with E-state index in [1.807, 2.05) is 28.8 Å². The lowest BCUT2D eigenvalue weighted by atomic mass is 9.86. The van der Waals surface area contributed by atoms with Crippen LogP contribution in [0.4, 0.5) is 0 Å². The smallest absolute Gasteiger partial charge is 0.220 e. The van der Waals surface area contributed by atoms with Crippen LogP contribution in [0.25, 0.3) is 5.65 Å². The van der Waals surface area contributed by atoms with Crippen molar-refractivity contribution in [3.05, 3.63) is 30.2 Å². The number of nitrogens with zero attached hydrogens (tertiary/aromatic N) is 3. The second-order valence-corrected chi connectivity index (χ2v) is 6.46. The molecule has 0 aromatic carbocycles. The van der Waals surface area contributed by atoms with Gasteiger partial charge in [0.1, 0.15) is 0 Å². The van der Waals surface area contributed by atoms with Crippen LogP contribution in [0.5, 0.6) is 0 Å². The third-order valence-corrected chi connectivity index (χ3v) is 5.16. The quantitative estimate of drug-likeness (QED) is 0.936. The largest absolute Gasteiger partial charge is 0.349 e. The summed E-state index contributed by atoms with van der Waals surface area (Å²) in [5, 5.41) is 11.2. The lowest BCUT2D eigenvalue weighted by molar-refractivity contribution is -0.122. The molecule has 0 spiro atoms. The summed E-state index contributed by atoms with van der Waals surface area (Å²) in [5.74, 6) is 3.24. The first-order chi connectivity index (χ1) is 10.3. The molecular weight excluding hydrogens is 264 g/mol. The maximum atomic E-state index is 12.1. The van der Waals surface area contributed by atoms with Gasteiger partial charge in [0.2, 0.25) is 5.91 Å². The fourth-order valence-electron chi connectivity index (χ4n) is 4.13. The molecule has 0 saturated heterocycles. The van der Waals surface area contributed by atoms with Crippen molar-refractivity contribution >= 4 is 11.6 Å². The number of pyridine rings is 1. The first-order valence-electron chi connectivity index (χ1n) is 7.85. The Morgan fingerprint density at radius 2 is 2.24 bits per heavy atom. The number of hydrogen-bond acceptors (Lipinski definition) is 3. The van der Waals surface area contributed by atoms with Crippen LogP contribution >= 0.6 is 0 Å². The summed E-state index contributed by atoms with van der Waals surface area (Å²) in [6, 6.07) is 5.78. The van der Waals surface area contributed by atoms with Gasteiger partial charge in [0.05, 0.1) is 6.54 Å². The van der Waals surface area contributed by atoms with E-state index in [-0.39, 0.29) is 5.91 Å². The third kappa shape index (κ3) is 2.41. The van der Waals surface area contributed by atoms with Crippen molar-refractivity contribution in [3.8, 4) is 0 Å². The molecule has 4 rings (SSSR count). The number of fused-ring (bicyclic) bond motifs is 3. The van der Waals surface area contributed by atoms with Crippen molar-refractivity contribution in [2.24, 2.45) is 17.8 Å². The van der Waals surface area contributed by atoms with Crippen molar-refractivity contribution < 1.29 is 4.79 Å². The molecular formula is C16H20N4O. The van der Waals surface area contributed by atoms with E-state index < -0.39 is 0 Å². The summed E-state index contributed by atoms with van der Waals surface area (Å²) < 4.78 is 1.91. The fourth-order valence-corrected chi connectivity index (χ4v) is 4.13. The summed E-state index contributed by atoms with van der Waals surface area (Å²) in [6.07, 6.45) is 7.93. The lowest BCUT2D eigenvalue weighted by Crippen LogP contribution is -2.27. The molecule has 2 aromatic rings. The van der Waals surface area contributed by atoms with Gasteiger partial charge in [-0.15, -0.1) is 10.2 Å². The van der Waals surface area contributed by atoms with E-state index >= 15 is 0 Å². The Balaban J connectivity index is 1.35. The molecule has 3 atom stereocenters. The van der Waals surface area contributed by atoms with Crippen LogP contribution < -0.4 is 5.32 Å². The Bertz CT molecular complexity index is 665. The molecule has 1 N–H and O–H groups in total. The van der Waals surface area contributed by atoms with Gasteiger partial charge in [-0.05, 0) is 49.1 Å². The Morgan fingerprint density at radius 1 is 1.29 bits per heavy atom. The lowest BCUT2D eigenvalue weighted by Gasteiger charge is -2.20. The number of rotatable bonds is 4. The average molecular weight is 284 g/mol. The number of amides is 1. The minimum Gasteiger partial charge on any atom is -0.349 e. The number of nitrogens with one attached hydrogen (secondary N) is 1. The van der Waals surface area contributed by atoms with Gasteiger partial charge in [-0.1, -0.05) is 12.5 Å². The standard InChI is InChI=1S/C16H20N4O/c21-16(9-13-8-11-4-5-12(13)7-11)17-10-15-19-18-14-3-1-2-6-20(14)15/h1-3,6,11-13H,4-5,7-10H2,(H,17,21)/t11-,12-,13+/m0/s1. The van der Waals surface area contributed by atoms with E-state index in [0.717, 1.165) is 23.3 Å². The van der Waals surface area contributed by atoms with Gasteiger partial charge in [-0.2, -0.15) is 0 Å². The molecule has 2 heterocycles. The van der Waals surface area contributed by atoms with Crippen LogP contribution in [0.15, 0.2) is 24.4 Å². The SMILES string of the molecule is O=C(C[C@H]1C[C@H]2CC[C@H]1C2)NCc1nnc2ccccn12. The Kier molecular flexibility index (Phi) is 3.13. The van der Waals surface area contributed by atoms with Crippen LogP contribution in [0, 0.1) is 17.8 Å². The van der Waals surface area contributed by atoms with Crippen LogP contribution in [-0.4, -0.2) is 20.5 Å². The molecule has 2 aliphatic carbocycles. The zero-order valence-electron chi connectivity index (χ0n) is 12.0. The summed E-state index contributed by atoms with van der Waals surface area (Å²) >= 11 is 0. The minimum atomic E-state index is 0.153. The molecule has 2 saturated carbocycles. The topological polar surface area (TPSA) is 59.3 Å². The Labute approximate surface area is 123 Å². The average Bonchev–Trinajstić information content (AvgIpc) is 3.20. The number of carbonyl (C=O) groups is 1. The van der Waals surface area contributed by atoms with E-state index in [2.05, 4.69) is 15.5 Å². The maximum absolute atomic E-state index is 12.1. The maximum Gasteiger partial charge on any atom is 0.220 e. The van der Waals surface area contributed by atoms with Crippen LogP contribution in [0.2, 0.25) is 0 Å². The molecule has 0 radical (unpaired) electrons. The van der Waals surface area contributed by atoms with Crippen molar-refractivity contribution in [2.75, 3.05) is 0 Å². The van der Waals surface area contributed by atoms with E-state index in [4.69, 9.17) is 0 Å². The van der Waals surface area contributed by atoms with Gasteiger partial charge in [-0.3, -0.25) is 9.20 Å². The van der Waals surface area contributed by atoms with Gasteiger partial charge in [0.15, 0.2) is 11.5 Å². The summed E-state index contributed by atoms with van der Waals surface area (Å²) in [5.41, 5.74) is 0.815. The Hall–Kier alpha value is -1.91. The van der Waals surface area contributed by atoms with Gasteiger partial charge in [0, 0.05) is 12.6 Å². The second-order valence-electron chi connectivity index (χ2n) is 6.46. The van der Waals surface area contributed by atoms with Crippen molar-refractivity contribution in [1.82, 2.24) is 19.9 Å².